The van der Waals surface area contributed by atoms with Crippen LogP contribution in [0.25, 0.3) is 0 Å². The lowest BCUT2D eigenvalue weighted by atomic mass is 10.2. The number of amides is 2. The molecular weight excluding hydrogens is 323 g/mol. The Labute approximate surface area is 138 Å². The van der Waals surface area contributed by atoms with E-state index in [4.69, 9.17) is 23.2 Å². The van der Waals surface area contributed by atoms with Gasteiger partial charge in [0.15, 0.2) is 0 Å². The topological polar surface area (TPSA) is 58.2 Å². The molecule has 2 amide bonds. The van der Waals surface area contributed by atoms with Crippen LogP contribution in [0.5, 0.6) is 0 Å². The zero-order valence-corrected chi connectivity index (χ0v) is 13.1. The number of benzene rings is 2. The van der Waals surface area contributed by atoms with Gasteiger partial charge in [-0.25, -0.2) is 0 Å². The van der Waals surface area contributed by atoms with Crippen LogP contribution < -0.4 is 10.6 Å². The predicted octanol–water partition coefficient (Wildman–Crippen LogP) is 3.04. The van der Waals surface area contributed by atoms with Crippen LogP contribution in [0.15, 0.2) is 48.5 Å². The van der Waals surface area contributed by atoms with Gasteiger partial charge in [0.2, 0.25) is 5.91 Å². The highest BCUT2D eigenvalue weighted by Crippen LogP contribution is 2.22. The lowest BCUT2D eigenvalue weighted by molar-refractivity contribution is -0.120. The van der Waals surface area contributed by atoms with E-state index < -0.39 is 0 Å². The van der Waals surface area contributed by atoms with Gasteiger partial charge in [-0.3, -0.25) is 9.59 Å². The summed E-state index contributed by atoms with van der Waals surface area (Å²) >= 11 is 11.6. The van der Waals surface area contributed by atoms with Gasteiger partial charge in [0.1, 0.15) is 0 Å². The van der Waals surface area contributed by atoms with Gasteiger partial charge in [0.05, 0.1) is 16.6 Å². The van der Waals surface area contributed by atoms with E-state index in [1.54, 1.807) is 6.07 Å². The van der Waals surface area contributed by atoms with Gasteiger partial charge < -0.3 is 10.6 Å². The first-order valence-corrected chi connectivity index (χ1v) is 7.36. The van der Waals surface area contributed by atoms with Gasteiger partial charge in [0.25, 0.3) is 5.91 Å². The molecule has 2 aromatic rings. The van der Waals surface area contributed by atoms with Crippen molar-refractivity contribution >= 4 is 35.0 Å². The zero-order chi connectivity index (χ0) is 15.9. The molecule has 0 spiro atoms. The van der Waals surface area contributed by atoms with Crippen LogP contribution in [0.2, 0.25) is 10.0 Å². The number of halogens is 2. The van der Waals surface area contributed by atoms with Crippen molar-refractivity contribution < 1.29 is 9.59 Å². The molecule has 0 fully saturated rings. The quantitative estimate of drug-likeness (QED) is 0.881. The van der Waals surface area contributed by atoms with E-state index in [2.05, 4.69) is 10.6 Å². The van der Waals surface area contributed by atoms with Gasteiger partial charge in [-0.15, -0.1) is 0 Å². The van der Waals surface area contributed by atoms with Crippen molar-refractivity contribution in [2.75, 3.05) is 6.54 Å². The Balaban J connectivity index is 1.80. The van der Waals surface area contributed by atoms with E-state index in [0.717, 1.165) is 5.56 Å². The fourth-order valence-electron chi connectivity index (χ4n) is 1.76. The number of carbonyl (C=O) groups excluding carboxylic acids is 2. The van der Waals surface area contributed by atoms with E-state index in [1.807, 2.05) is 30.3 Å². The van der Waals surface area contributed by atoms with Gasteiger partial charge >= 0.3 is 0 Å². The van der Waals surface area contributed by atoms with E-state index in [1.165, 1.54) is 12.1 Å². The summed E-state index contributed by atoms with van der Waals surface area (Å²) in [4.78, 5) is 23.6. The maximum atomic E-state index is 11.9. The second-order valence-electron chi connectivity index (χ2n) is 4.57. The van der Waals surface area contributed by atoms with Crippen LogP contribution >= 0.6 is 23.2 Å². The molecule has 0 heterocycles. The molecule has 0 aliphatic carbocycles. The lowest BCUT2D eigenvalue weighted by Gasteiger charge is -2.07. The largest absolute Gasteiger partial charge is 0.350 e. The van der Waals surface area contributed by atoms with Gasteiger partial charge in [-0.05, 0) is 23.8 Å². The second kappa shape index (κ2) is 7.82. The summed E-state index contributed by atoms with van der Waals surface area (Å²) in [5.74, 6) is -0.648. The predicted molar refractivity (Wildman–Crippen MR) is 87.1 cm³/mol. The number of hydrogen-bond acceptors (Lipinski definition) is 2. The molecule has 4 nitrogen and oxygen atoms in total. The molecular formula is C16H14Cl2N2O2. The third-order valence-corrected chi connectivity index (χ3v) is 3.66. The van der Waals surface area contributed by atoms with E-state index in [9.17, 15) is 9.59 Å². The fourth-order valence-corrected chi connectivity index (χ4v) is 2.06. The average Bonchev–Trinajstić information content (AvgIpc) is 2.54. The van der Waals surface area contributed by atoms with Crippen molar-refractivity contribution in [3.05, 3.63) is 69.7 Å². The van der Waals surface area contributed by atoms with Crippen molar-refractivity contribution in [1.82, 2.24) is 10.6 Å². The molecule has 0 unspecified atom stereocenters. The number of hydrogen-bond donors (Lipinski definition) is 2. The van der Waals surface area contributed by atoms with E-state index in [-0.39, 0.29) is 18.4 Å². The van der Waals surface area contributed by atoms with E-state index in [0.29, 0.717) is 22.2 Å². The van der Waals surface area contributed by atoms with Crippen LogP contribution in [-0.4, -0.2) is 18.4 Å². The van der Waals surface area contributed by atoms with Crippen LogP contribution in [-0.2, 0) is 11.3 Å². The Morgan fingerprint density at radius 1 is 0.909 bits per heavy atom. The minimum Gasteiger partial charge on any atom is -0.350 e. The Bertz CT molecular complexity index is 675. The molecule has 114 valence electrons. The standard InChI is InChI=1S/C16H14Cl2N2O2/c17-13-7-6-12(8-14(13)18)16(22)20-10-15(21)19-9-11-4-2-1-3-5-11/h1-8H,9-10H2,(H,19,21)(H,20,22). The normalized spacial score (nSPS) is 10.1. The first-order chi connectivity index (χ1) is 10.6. The molecule has 2 rings (SSSR count). The van der Waals surface area contributed by atoms with Crippen LogP contribution in [0.3, 0.4) is 0 Å². The van der Waals surface area contributed by atoms with Crippen LogP contribution in [0, 0.1) is 0 Å². The average molecular weight is 337 g/mol. The van der Waals surface area contributed by atoms with Gasteiger partial charge in [0, 0.05) is 12.1 Å². The molecule has 0 saturated heterocycles. The minimum absolute atomic E-state index is 0.105. The Morgan fingerprint density at radius 3 is 2.32 bits per heavy atom. The number of carbonyl (C=O) groups is 2. The molecule has 0 saturated carbocycles. The SMILES string of the molecule is O=C(CNC(=O)c1ccc(Cl)c(Cl)c1)NCc1ccccc1. The molecule has 2 aromatic carbocycles. The first-order valence-electron chi connectivity index (χ1n) is 6.60. The molecule has 0 aliphatic rings. The maximum Gasteiger partial charge on any atom is 0.251 e. The van der Waals surface area contributed by atoms with Crippen LogP contribution in [0.4, 0.5) is 0 Å². The van der Waals surface area contributed by atoms with Crippen molar-refractivity contribution in [3.63, 3.8) is 0 Å². The molecule has 0 aromatic heterocycles. The Hall–Kier alpha value is -2.04. The van der Waals surface area contributed by atoms with E-state index >= 15 is 0 Å². The fraction of sp³-hybridized carbons (Fsp3) is 0.125. The molecule has 0 bridgehead atoms. The lowest BCUT2D eigenvalue weighted by Crippen LogP contribution is -2.36. The first kappa shape index (κ1) is 16.3. The third kappa shape index (κ3) is 4.76. The second-order valence-corrected chi connectivity index (χ2v) is 5.39. The molecule has 0 radical (unpaired) electrons. The summed E-state index contributed by atoms with van der Waals surface area (Å²) in [6, 6.07) is 14.1. The monoisotopic (exact) mass is 336 g/mol. The molecule has 0 atom stereocenters. The highest BCUT2D eigenvalue weighted by Gasteiger charge is 2.09. The smallest absolute Gasteiger partial charge is 0.251 e. The molecule has 6 heteroatoms. The highest BCUT2D eigenvalue weighted by molar-refractivity contribution is 6.42. The highest BCUT2D eigenvalue weighted by atomic mass is 35.5. The molecule has 2 N–H and O–H groups in total. The summed E-state index contributed by atoms with van der Waals surface area (Å²) in [6.07, 6.45) is 0. The third-order valence-electron chi connectivity index (χ3n) is 2.92. The summed E-state index contributed by atoms with van der Waals surface area (Å²) < 4.78 is 0. The molecule has 22 heavy (non-hydrogen) atoms. The maximum absolute atomic E-state index is 11.9. The van der Waals surface area contributed by atoms with Gasteiger partial charge in [-0.1, -0.05) is 53.5 Å². The van der Waals surface area contributed by atoms with Crippen molar-refractivity contribution in [2.24, 2.45) is 0 Å². The summed E-state index contributed by atoms with van der Waals surface area (Å²) in [6.45, 7) is 0.314. The van der Waals surface area contributed by atoms with Crippen molar-refractivity contribution in [3.8, 4) is 0 Å². The Kier molecular flexibility index (Phi) is 5.81. The van der Waals surface area contributed by atoms with Crippen molar-refractivity contribution in [2.45, 2.75) is 6.54 Å². The number of rotatable bonds is 5. The van der Waals surface area contributed by atoms with Crippen molar-refractivity contribution in [1.29, 1.82) is 0 Å². The minimum atomic E-state index is -0.381. The number of nitrogens with one attached hydrogen (secondary N) is 2. The summed E-state index contributed by atoms with van der Waals surface area (Å²) in [5.41, 5.74) is 1.34. The van der Waals surface area contributed by atoms with Crippen LogP contribution in [0.1, 0.15) is 15.9 Å². The molecule has 0 aliphatic heterocycles. The Morgan fingerprint density at radius 2 is 1.64 bits per heavy atom. The zero-order valence-electron chi connectivity index (χ0n) is 11.6. The summed E-state index contributed by atoms with van der Waals surface area (Å²) in [7, 11) is 0. The summed E-state index contributed by atoms with van der Waals surface area (Å²) in [5, 5.41) is 5.92. The van der Waals surface area contributed by atoms with Gasteiger partial charge in [-0.2, -0.15) is 0 Å².